The minimum atomic E-state index is 0.474. The van der Waals surface area contributed by atoms with Crippen LogP contribution in [0.1, 0.15) is 5.56 Å². The molecule has 0 fully saturated rings. The zero-order valence-electron chi connectivity index (χ0n) is 12.1. The van der Waals surface area contributed by atoms with E-state index in [1.54, 1.807) is 24.4 Å². The van der Waals surface area contributed by atoms with Gasteiger partial charge < -0.3 is 10.6 Å². The highest BCUT2D eigenvalue weighted by Gasteiger charge is 2.03. The van der Waals surface area contributed by atoms with E-state index in [9.17, 15) is 0 Å². The molecule has 23 heavy (non-hydrogen) atoms. The van der Waals surface area contributed by atoms with E-state index < -0.39 is 0 Å². The van der Waals surface area contributed by atoms with Crippen LogP contribution in [0.4, 0.5) is 17.5 Å². The molecule has 6 heteroatoms. The van der Waals surface area contributed by atoms with Gasteiger partial charge in [0.25, 0.3) is 0 Å². The second-order valence-electron chi connectivity index (χ2n) is 4.89. The van der Waals surface area contributed by atoms with Gasteiger partial charge in [-0.15, -0.1) is 0 Å². The van der Waals surface area contributed by atoms with E-state index in [2.05, 4.69) is 32.7 Å². The Bertz CT molecular complexity index is 773. The van der Waals surface area contributed by atoms with Crippen molar-refractivity contribution in [1.82, 2.24) is 9.97 Å². The Morgan fingerprint density at radius 1 is 0.913 bits per heavy atom. The average molecular weight is 345 g/mol. The number of hydrogen-bond acceptors (Lipinski definition) is 4. The van der Waals surface area contributed by atoms with Gasteiger partial charge in [0.15, 0.2) is 0 Å². The standard InChI is InChI=1S/C17H14Cl2N4/c18-13-8-14(19)10-15(9-13)22-17-20-7-6-16(23-17)21-11-12-4-2-1-3-5-12/h1-10H,11H2,(H2,20,21,22,23). The summed E-state index contributed by atoms with van der Waals surface area (Å²) in [5, 5.41) is 7.47. The van der Waals surface area contributed by atoms with Crippen LogP contribution in [0.3, 0.4) is 0 Å². The molecule has 1 aromatic heterocycles. The third kappa shape index (κ3) is 4.58. The molecule has 2 N–H and O–H groups in total. The summed E-state index contributed by atoms with van der Waals surface area (Å²) >= 11 is 12.0. The molecule has 0 saturated carbocycles. The van der Waals surface area contributed by atoms with E-state index in [-0.39, 0.29) is 0 Å². The predicted molar refractivity (Wildman–Crippen MR) is 95.5 cm³/mol. The van der Waals surface area contributed by atoms with Crippen LogP contribution in [-0.4, -0.2) is 9.97 Å². The number of halogens is 2. The SMILES string of the molecule is Clc1cc(Cl)cc(Nc2nccc(NCc3ccccc3)n2)c1. The second-order valence-corrected chi connectivity index (χ2v) is 5.76. The third-order valence-electron chi connectivity index (χ3n) is 3.09. The van der Waals surface area contributed by atoms with Crippen molar-refractivity contribution in [3.63, 3.8) is 0 Å². The normalized spacial score (nSPS) is 10.3. The van der Waals surface area contributed by atoms with Crippen molar-refractivity contribution >= 4 is 40.7 Å². The summed E-state index contributed by atoms with van der Waals surface area (Å²) in [6.45, 7) is 0.695. The molecule has 0 aliphatic heterocycles. The molecule has 0 aliphatic carbocycles. The van der Waals surface area contributed by atoms with Crippen molar-refractivity contribution in [1.29, 1.82) is 0 Å². The van der Waals surface area contributed by atoms with Crippen molar-refractivity contribution in [2.24, 2.45) is 0 Å². The van der Waals surface area contributed by atoms with Crippen LogP contribution in [0.15, 0.2) is 60.8 Å². The van der Waals surface area contributed by atoms with Crippen molar-refractivity contribution < 1.29 is 0 Å². The summed E-state index contributed by atoms with van der Waals surface area (Å²) in [5.74, 6) is 1.21. The van der Waals surface area contributed by atoms with E-state index >= 15 is 0 Å². The quantitative estimate of drug-likeness (QED) is 0.672. The van der Waals surface area contributed by atoms with Crippen LogP contribution in [-0.2, 0) is 6.54 Å². The zero-order valence-corrected chi connectivity index (χ0v) is 13.6. The molecular weight excluding hydrogens is 331 g/mol. The lowest BCUT2D eigenvalue weighted by Crippen LogP contribution is -2.04. The highest BCUT2D eigenvalue weighted by molar-refractivity contribution is 6.35. The molecule has 3 aromatic rings. The summed E-state index contributed by atoms with van der Waals surface area (Å²) in [7, 11) is 0. The molecule has 0 unspecified atom stereocenters. The fourth-order valence-electron chi connectivity index (χ4n) is 2.06. The number of hydrogen-bond donors (Lipinski definition) is 2. The van der Waals surface area contributed by atoms with Gasteiger partial charge in [0.2, 0.25) is 5.95 Å². The van der Waals surface area contributed by atoms with Gasteiger partial charge in [0.05, 0.1) is 0 Å². The number of benzene rings is 2. The summed E-state index contributed by atoms with van der Waals surface area (Å²) in [6, 6.07) is 17.1. The van der Waals surface area contributed by atoms with Gasteiger partial charge in [-0.25, -0.2) is 4.98 Å². The van der Waals surface area contributed by atoms with Gasteiger partial charge in [-0.05, 0) is 29.8 Å². The number of rotatable bonds is 5. The number of aromatic nitrogens is 2. The highest BCUT2D eigenvalue weighted by Crippen LogP contribution is 2.24. The van der Waals surface area contributed by atoms with Crippen LogP contribution in [0.2, 0.25) is 10.0 Å². The Labute approximate surface area is 144 Å². The Balaban J connectivity index is 1.69. The second kappa shape index (κ2) is 7.31. The van der Waals surface area contributed by atoms with Crippen LogP contribution in [0, 0.1) is 0 Å². The fourth-order valence-corrected chi connectivity index (χ4v) is 2.59. The van der Waals surface area contributed by atoms with E-state index in [1.165, 1.54) is 5.56 Å². The first-order chi connectivity index (χ1) is 11.2. The molecule has 0 amide bonds. The first-order valence-electron chi connectivity index (χ1n) is 7.03. The van der Waals surface area contributed by atoms with Gasteiger partial charge in [-0.2, -0.15) is 4.98 Å². The van der Waals surface area contributed by atoms with E-state index in [1.807, 2.05) is 24.3 Å². The van der Waals surface area contributed by atoms with Gasteiger partial charge in [-0.3, -0.25) is 0 Å². The molecule has 116 valence electrons. The maximum Gasteiger partial charge on any atom is 0.229 e. The summed E-state index contributed by atoms with van der Waals surface area (Å²) < 4.78 is 0. The smallest absolute Gasteiger partial charge is 0.229 e. The first-order valence-corrected chi connectivity index (χ1v) is 7.78. The topological polar surface area (TPSA) is 49.8 Å². The molecular formula is C17H14Cl2N4. The summed E-state index contributed by atoms with van der Waals surface area (Å²) in [5.41, 5.74) is 1.92. The zero-order chi connectivity index (χ0) is 16.1. The van der Waals surface area contributed by atoms with Crippen LogP contribution in [0.5, 0.6) is 0 Å². The van der Waals surface area contributed by atoms with E-state index in [4.69, 9.17) is 23.2 Å². The average Bonchev–Trinajstić information content (AvgIpc) is 2.53. The van der Waals surface area contributed by atoms with Crippen molar-refractivity contribution in [2.75, 3.05) is 10.6 Å². The van der Waals surface area contributed by atoms with Crippen molar-refractivity contribution in [2.45, 2.75) is 6.54 Å². The van der Waals surface area contributed by atoms with E-state index in [0.717, 1.165) is 11.5 Å². The summed E-state index contributed by atoms with van der Waals surface area (Å²) in [6.07, 6.45) is 1.69. The first kappa shape index (κ1) is 15.6. The molecule has 1 heterocycles. The van der Waals surface area contributed by atoms with Crippen LogP contribution < -0.4 is 10.6 Å². The Morgan fingerprint density at radius 3 is 2.39 bits per heavy atom. The monoisotopic (exact) mass is 344 g/mol. The molecule has 0 radical (unpaired) electrons. The Hall–Kier alpha value is -2.30. The molecule has 0 saturated heterocycles. The minimum Gasteiger partial charge on any atom is -0.366 e. The van der Waals surface area contributed by atoms with Gasteiger partial charge >= 0.3 is 0 Å². The van der Waals surface area contributed by atoms with Gasteiger partial charge in [0.1, 0.15) is 5.82 Å². The number of anilines is 3. The lowest BCUT2D eigenvalue weighted by atomic mass is 10.2. The molecule has 0 bridgehead atoms. The number of nitrogens with zero attached hydrogens (tertiary/aromatic N) is 2. The molecule has 3 rings (SSSR count). The maximum absolute atomic E-state index is 5.99. The van der Waals surface area contributed by atoms with Crippen LogP contribution >= 0.6 is 23.2 Å². The number of nitrogens with one attached hydrogen (secondary N) is 2. The molecule has 0 aliphatic rings. The molecule has 2 aromatic carbocycles. The largest absolute Gasteiger partial charge is 0.366 e. The maximum atomic E-state index is 5.99. The van der Waals surface area contributed by atoms with Crippen molar-refractivity contribution in [3.05, 3.63) is 76.4 Å². The van der Waals surface area contributed by atoms with Crippen molar-refractivity contribution in [3.8, 4) is 0 Å². The lowest BCUT2D eigenvalue weighted by molar-refractivity contribution is 1.08. The summed E-state index contributed by atoms with van der Waals surface area (Å²) in [4.78, 5) is 8.62. The van der Waals surface area contributed by atoms with Gasteiger partial charge in [-0.1, -0.05) is 53.5 Å². The third-order valence-corrected chi connectivity index (χ3v) is 3.53. The minimum absolute atomic E-state index is 0.474. The predicted octanol–water partition coefficient (Wildman–Crippen LogP) is 5.14. The fraction of sp³-hybridized carbons (Fsp3) is 0.0588. The molecule has 0 spiro atoms. The Kier molecular flexibility index (Phi) is 4.95. The van der Waals surface area contributed by atoms with E-state index in [0.29, 0.717) is 22.5 Å². The van der Waals surface area contributed by atoms with Crippen LogP contribution in [0.25, 0.3) is 0 Å². The van der Waals surface area contributed by atoms with Gasteiger partial charge in [0, 0.05) is 28.5 Å². The Morgan fingerprint density at radius 2 is 1.65 bits per heavy atom. The highest BCUT2D eigenvalue weighted by atomic mass is 35.5. The molecule has 4 nitrogen and oxygen atoms in total. The molecule has 0 atom stereocenters. The lowest BCUT2D eigenvalue weighted by Gasteiger charge is -2.09.